The highest BCUT2D eigenvalue weighted by atomic mass is 32.2. The van der Waals surface area contributed by atoms with Crippen molar-refractivity contribution in [1.29, 1.82) is 0 Å². The Balaban J connectivity index is 2.13. The zero-order chi connectivity index (χ0) is 14.8. The number of thiophene rings is 1. The van der Waals surface area contributed by atoms with Gasteiger partial charge in [0.05, 0.1) is 0 Å². The summed E-state index contributed by atoms with van der Waals surface area (Å²) >= 11 is 3.20. The summed E-state index contributed by atoms with van der Waals surface area (Å²) < 4.78 is 27.4. The summed E-state index contributed by atoms with van der Waals surface area (Å²) in [7, 11) is -3.32. The van der Waals surface area contributed by atoms with Gasteiger partial charge in [0.15, 0.2) is 0 Å². The van der Waals surface area contributed by atoms with Gasteiger partial charge in [-0.2, -0.15) is 16.1 Å². The number of sulfonamides is 1. The van der Waals surface area contributed by atoms with Crippen molar-refractivity contribution in [1.82, 2.24) is 9.62 Å². The summed E-state index contributed by atoms with van der Waals surface area (Å²) in [5.74, 6) is 1.77. The summed E-state index contributed by atoms with van der Waals surface area (Å²) in [6, 6.07) is 4.14. The van der Waals surface area contributed by atoms with Crippen molar-refractivity contribution in [2.24, 2.45) is 0 Å². The third-order valence-corrected chi connectivity index (χ3v) is 7.95. The van der Waals surface area contributed by atoms with Crippen LogP contribution >= 0.6 is 23.1 Å². The van der Waals surface area contributed by atoms with Crippen LogP contribution < -0.4 is 5.32 Å². The maximum atomic E-state index is 12.7. The van der Waals surface area contributed by atoms with E-state index in [2.05, 4.69) is 19.2 Å². The molecule has 0 amide bonds. The molecule has 2 heterocycles. The van der Waals surface area contributed by atoms with Crippen LogP contribution in [0.15, 0.2) is 16.3 Å². The molecule has 0 spiro atoms. The van der Waals surface area contributed by atoms with Gasteiger partial charge in [-0.15, -0.1) is 11.3 Å². The predicted molar refractivity (Wildman–Crippen MR) is 87.0 cm³/mol. The van der Waals surface area contributed by atoms with Crippen LogP contribution in [0.1, 0.15) is 25.6 Å². The van der Waals surface area contributed by atoms with Crippen molar-refractivity contribution < 1.29 is 8.42 Å². The van der Waals surface area contributed by atoms with Crippen molar-refractivity contribution in [2.75, 3.05) is 18.1 Å². The maximum Gasteiger partial charge on any atom is 0.252 e. The number of thioether (sulfide) groups is 1. The Morgan fingerprint density at radius 3 is 2.85 bits per heavy atom. The fourth-order valence-electron chi connectivity index (χ4n) is 2.08. The predicted octanol–water partition coefficient (Wildman–Crippen LogP) is 2.37. The molecule has 1 saturated heterocycles. The fraction of sp³-hybridized carbons (Fsp3) is 0.692. The van der Waals surface area contributed by atoms with E-state index in [9.17, 15) is 8.42 Å². The Kier molecular flexibility index (Phi) is 5.53. The molecule has 2 rings (SSSR count). The Morgan fingerprint density at radius 2 is 2.20 bits per heavy atom. The molecule has 1 fully saturated rings. The third kappa shape index (κ3) is 3.76. The molecule has 1 atom stereocenters. The van der Waals surface area contributed by atoms with Crippen LogP contribution in [-0.2, 0) is 16.6 Å². The van der Waals surface area contributed by atoms with Gasteiger partial charge in [0.2, 0.25) is 0 Å². The molecule has 1 N–H and O–H groups in total. The molecule has 1 aromatic rings. The molecule has 1 aliphatic rings. The maximum absolute atomic E-state index is 12.7. The average molecular weight is 335 g/mol. The number of nitrogens with one attached hydrogen (secondary N) is 1. The summed E-state index contributed by atoms with van der Waals surface area (Å²) in [6.07, 6.45) is 0. The highest BCUT2D eigenvalue weighted by Gasteiger charge is 2.32. The normalized spacial score (nSPS) is 21.5. The van der Waals surface area contributed by atoms with Gasteiger partial charge < -0.3 is 5.32 Å². The lowest BCUT2D eigenvalue weighted by Crippen LogP contribution is -2.44. The van der Waals surface area contributed by atoms with E-state index in [4.69, 9.17) is 0 Å². The van der Waals surface area contributed by atoms with Gasteiger partial charge in [-0.3, -0.25) is 0 Å². The van der Waals surface area contributed by atoms with E-state index in [1.165, 1.54) is 11.3 Å². The first-order valence-corrected chi connectivity index (χ1v) is 10.2. The fourth-order valence-corrected chi connectivity index (χ4v) is 6.37. The van der Waals surface area contributed by atoms with Gasteiger partial charge in [-0.05, 0) is 19.1 Å². The van der Waals surface area contributed by atoms with Crippen LogP contribution in [0.25, 0.3) is 0 Å². The van der Waals surface area contributed by atoms with Crippen molar-refractivity contribution in [2.45, 2.75) is 43.6 Å². The second kappa shape index (κ2) is 6.79. The molecule has 0 aromatic carbocycles. The van der Waals surface area contributed by atoms with E-state index < -0.39 is 10.0 Å². The van der Waals surface area contributed by atoms with Gasteiger partial charge in [-0.25, -0.2) is 8.42 Å². The standard InChI is InChI=1S/C13H22N2O2S3/c1-10(2)14-8-12-4-5-13(19-12)20(16,17)15-6-7-18-9-11(15)3/h4-5,10-11,14H,6-9H2,1-3H3. The second-order valence-corrected chi connectivity index (χ2v) is 9.73. The number of rotatable bonds is 5. The first-order chi connectivity index (χ1) is 9.41. The minimum Gasteiger partial charge on any atom is -0.310 e. The lowest BCUT2D eigenvalue weighted by molar-refractivity contribution is 0.368. The quantitative estimate of drug-likeness (QED) is 0.898. The van der Waals surface area contributed by atoms with Crippen LogP contribution in [0.4, 0.5) is 0 Å². The molecule has 0 radical (unpaired) electrons. The molecule has 7 heteroatoms. The summed E-state index contributed by atoms with van der Waals surface area (Å²) in [5.41, 5.74) is 0. The molecule has 20 heavy (non-hydrogen) atoms. The Morgan fingerprint density at radius 1 is 1.45 bits per heavy atom. The molecule has 0 saturated carbocycles. The number of nitrogens with zero attached hydrogens (tertiary/aromatic N) is 1. The lowest BCUT2D eigenvalue weighted by atomic mass is 10.4. The molecular weight excluding hydrogens is 312 g/mol. The van der Waals surface area contributed by atoms with Gasteiger partial charge in [0.25, 0.3) is 10.0 Å². The summed E-state index contributed by atoms with van der Waals surface area (Å²) in [4.78, 5) is 1.07. The van der Waals surface area contributed by atoms with E-state index in [-0.39, 0.29) is 6.04 Å². The molecule has 114 valence electrons. The van der Waals surface area contributed by atoms with Gasteiger partial charge in [0, 0.05) is 41.6 Å². The van der Waals surface area contributed by atoms with Crippen molar-refractivity contribution in [3.63, 3.8) is 0 Å². The smallest absolute Gasteiger partial charge is 0.252 e. The molecule has 1 unspecified atom stereocenters. The summed E-state index contributed by atoms with van der Waals surface area (Å²) in [5, 5.41) is 3.31. The molecule has 4 nitrogen and oxygen atoms in total. The van der Waals surface area contributed by atoms with Crippen molar-refractivity contribution in [3.8, 4) is 0 Å². The van der Waals surface area contributed by atoms with E-state index in [1.807, 2.05) is 24.8 Å². The largest absolute Gasteiger partial charge is 0.310 e. The van der Waals surface area contributed by atoms with E-state index in [1.54, 1.807) is 10.4 Å². The number of hydrogen-bond acceptors (Lipinski definition) is 5. The van der Waals surface area contributed by atoms with Crippen molar-refractivity contribution >= 4 is 33.1 Å². The summed E-state index contributed by atoms with van der Waals surface area (Å²) in [6.45, 7) is 7.49. The Hall–Kier alpha value is -0.0800. The highest BCUT2D eigenvalue weighted by Crippen LogP contribution is 2.29. The van der Waals surface area contributed by atoms with Crippen LogP contribution in [0.2, 0.25) is 0 Å². The molecule has 0 aliphatic carbocycles. The monoisotopic (exact) mass is 334 g/mol. The third-order valence-electron chi connectivity index (χ3n) is 3.19. The number of hydrogen-bond donors (Lipinski definition) is 1. The van der Waals surface area contributed by atoms with Crippen LogP contribution in [0.3, 0.4) is 0 Å². The molecule has 1 aromatic heterocycles. The lowest BCUT2D eigenvalue weighted by Gasteiger charge is -2.31. The van der Waals surface area contributed by atoms with Crippen LogP contribution in [-0.4, -0.2) is 42.9 Å². The molecule has 0 bridgehead atoms. The first kappa shape index (κ1) is 16.3. The topological polar surface area (TPSA) is 49.4 Å². The average Bonchev–Trinajstić information content (AvgIpc) is 2.86. The SMILES string of the molecule is CC(C)NCc1ccc(S(=O)(=O)N2CCSCC2C)s1. The minimum absolute atomic E-state index is 0.0816. The highest BCUT2D eigenvalue weighted by molar-refractivity contribution is 7.99. The van der Waals surface area contributed by atoms with E-state index in [0.29, 0.717) is 16.8 Å². The molecule has 1 aliphatic heterocycles. The van der Waals surface area contributed by atoms with Gasteiger partial charge in [0.1, 0.15) is 4.21 Å². The first-order valence-electron chi connectivity index (χ1n) is 6.83. The minimum atomic E-state index is -3.32. The van der Waals surface area contributed by atoms with E-state index >= 15 is 0 Å². The zero-order valence-corrected chi connectivity index (χ0v) is 14.6. The van der Waals surface area contributed by atoms with Crippen LogP contribution in [0, 0.1) is 0 Å². The molecular formula is C13H22N2O2S3. The second-order valence-electron chi connectivity index (χ2n) is 5.30. The zero-order valence-electron chi connectivity index (χ0n) is 12.1. The van der Waals surface area contributed by atoms with E-state index in [0.717, 1.165) is 22.9 Å². The Bertz CT molecular complexity index is 540. The van der Waals surface area contributed by atoms with Gasteiger partial charge in [-0.1, -0.05) is 13.8 Å². The van der Waals surface area contributed by atoms with Gasteiger partial charge >= 0.3 is 0 Å². The van der Waals surface area contributed by atoms with Crippen LogP contribution in [0.5, 0.6) is 0 Å². The Labute approximate surface area is 130 Å². The van der Waals surface area contributed by atoms with Crippen molar-refractivity contribution in [3.05, 3.63) is 17.0 Å².